The number of aryl methyl sites for hydroxylation is 1. The molecule has 1 unspecified atom stereocenters. The van der Waals surface area contributed by atoms with Crippen LogP contribution in [0.15, 0.2) is 15.2 Å². The molecule has 1 atom stereocenters. The molecule has 11 heavy (non-hydrogen) atoms. The van der Waals surface area contributed by atoms with Crippen LogP contribution in [0.25, 0.3) is 0 Å². The summed E-state index contributed by atoms with van der Waals surface area (Å²) in [6, 6.07) is 1.96. The van der Waals surface area contributed by atoms with Gasteiger partial charge in [-0.2, -0.15) is 0 Å². The molecule has 2 N–H and O–H groups in total. The normalized spacial score (nSPS) is 13.5. The molecule has 1 rings (SSSR count). The van der Waals surface area contributed by atoms with Gasteiger partial charge < -0.3 is 10.2 Å². The van der Waals surface area contributed by atoms with E-state index in [9.17, 15) is 0 Å². The number of hydrogen-bond donors (Lipinski definition) is 1. The van der Waals surface area contributed by atoms with Crippen LogP contribution >= 0.6 is 15.9 Å². The summed E-state index contributed by atoms with van der Waals surface area (Å²) in [5, 5.41) is 0. The zero-order valence-electron chi connectivity index (χ0n) is 6.73. The van der Waals surface area contributed by atoms with E-state index >= 15 is 0 Å². The van der Waals surface area contributed by atoms with Gasteiger partial charge in [0, 0.05) is 12.5 Å². The van der Waals surface area contributed by atoms with Crippen LogP contribution in [0, 0.1) is 6.92 Å². The summed E-state index contributed by atoms with van der Waals surface area (Å²) in [6.07, 6.45) is 0. The van der Waals surface area contributed by atoms with Crippen LogP contribution in [0.4, 0.5) is 0 Å². The van der Waals surface area contributed by atoms with E-state index in [-0.39, 0.29) is 0 Å². The second kappa shape index (κ2) is 3.41. The molecule has 0 saturated carbocycles. The molecule has 3 heteroatoms. The van der Waals surface area contributed by atoms with Gasteiger partial charge in [0.15, 0.2) is 4.67 Å². The highest BCUT2D eigenvalue weighted by atomic mass is 79.9. The minimum Gasteiger partial charge on any atom is -0.454 e. The first kappa shape index (κ1) is 8.81. The van der Waals surface area contributed by atoms with Crippen molar-refractivity contribution in [3.63, 3.8) is 0 Å². The van der Waals surface area contributed by atoms with Gasteiger partial charge in [-0.05, 0) is 34.5 Å². The second-order valence-electron chi connectivity index (χ2n) is 2.73. The maximum atomic E-state index is 5.51. The van der Waals surface area contributed by atoms with Crippen molar-refractivity contribution in [2.75, 3.05) is 6.54 Å². The molecule has 1 aromatic heterocycles. The average Bonchev–Trinajstić information content (AvgIpc) is 2.28. The quantitative estimate of drug-likeness (QED) is 0.827. The van der Waals surface area contributed by atoms with Crippen LogP contribution < -0.4 is 5.73 Å². The fraction of sp³-hybridized carbons (Fsp3) is 0.500. The number of nitrogens with two attached hydrogens (primary N) is 1. The van der Waals surface area contributed by atoms with Crippen molar-refractivity contribution in [3.05, 3.63) is 22.1 Å². The van der Waals surface area contributed by atoms with Crippen LogP contribution in [-0.4, -0.2) is 6.54 Å². The highest BCUT2D eigenvalue weighted by molar-refractivity contribution is 9.10. The summed E-state index contributed by atoms with van der Waals surface area (Å²) >= 11 is 3.27. The third-order valence-corrected chi connectivity index (χ3v) is 2.12. The Morgan fingerprint density at radius 3 is 2.73 bits per heavy atom. The SMILES string of the molecule is Cc1cc(Br)oc1C(C)CN. The molecule has 1 aromatic rings. The molecule has 0 aliphatic carbocycles. The molecule has 0 radical (unpaired) electrons. The molecule has 0 aliphatic heterocycles. The van der Waals surface area contributed by atoms with Gasteiger partial charge in [-0.3, -0.25) is 0 Å². The van der Waals surface area contributed by atoms with E-state index in [4.69, 9.17) is 10.2 Å². The Morgan fingerprint density at radius 2 is 2.36 bits per heavy atom. The van der Waals surface area contributed by atoms with Crippen molar-refractivity contribution in [1.29, 1.82) is 0 Å². The molecule has 0 aliphatic rings. The van der Waals surface area contributed by atoms with E-state index < -0.39 is 0 Å². The molecule has 0 aromatic carbocycles. The van der Waals surface area contributed by atoms with Crippen LogP contribution in [0.5, 0.6) is 0 Å². The fourth-order valence-electron chi connectivity index (χ4n) is 1.05. The van der Waals surface area contributed by atoms with Gasteiger partial charge in [-0.15, -0.1) is 0 Å². The molecule has 0 bridgehead atoms. The molecule has 0 spiro atoms. The first-order chi connectivity index (χ1) is 5.15. The van der Waals surface area contributed by atoms with Crippen LogP contribution in [-0.2, 0) is 0 Å². The van der Waals surface area contributed by atoms with Gasteiger partial charge in [0.05, 0.1) is 0 Å². The van der Waals surface area contributed by atoms with Crippen molar-refractivity contribution in [2.45, 2.75) is 19.8 Å². The van der Waals surface area contributed by atoms with E-state index in [0.29, 0.717) is 12.5 Å². The van der Waals surface area contributed by atoms with Gasteiger partial charge in [0.25, 0.3) is 0 Å². The Bertz CT molecular complexity index is 244. The van der Waals surface area contributed by atoms with Crippen LogP contribution in [0.1, 0.15) is 24.2 Å². The smallest absolute Gasteiger partial charge is 0.169 e. The minimum absolute atomic E-state index is 0.307. The molecular formula is C8H12BrNO. The zero-order valence-corrected chi connectivity index (χ0v) is 8.31. The van der Waals surface area contributed by atoms with Crippen molar-refractivity contribution < 1.29 is 4.42 Å². The predicted octanol–water partition coefficient (Wildman–Crippen LogP) is 2.41. The van der Waals surface area contributed by atoms with E-state index in [1.807, 2.05) is 13.0 Å². The van der Waals surface area contributed by atoms with Crippen LogP contribution in [0.3, 0.4) is 0 Å². The van der Waals surface area contributed by atoms with Crippen molar-refractivity contribution in [3.8, 4) is 0 Å². The Morgan fingerprint density at radius 1 is 1.73 bits per heavy atom. The van der Waals surface area contributed by atoms with Gasteiger partial charge >= 0.3 is 0 Å². The Balaban J connectivity index is 2.93. The van der Waals surface area contributed by atoms with Crippen molar-refractivity contribution in [1.82, 2.24) is 0 Å². The minimum atomic E-state index is 0.307. The van der Waals surface area contributed by atoms with E-state index in [0.717, 1.165) is 16.0 Å². The summed E-state index contributed by atoms with van der Waals surface area (Å²) in [5.41, 5.74) is 6.67. The molecule has 0 saturated heterocycles. The van der Waals surface area contributed by atoms with E-state index in [2.05, 4.69) is 22.9 Å². The Kier molecular flexibility index (Phi) is 2.73. The van der Waals surface area contributed by atoms with E-state index in [1.54, 1.807) is 0 Å². The second-order valence-corrected chi connectivity index (χ2v) is 3.52. The maximum absolute atomic E-state index is 5.51. The van der Waals surface area contributed by atoms with Gasteiger partial charge in [0.1, 0.15) is 5.76 Å². The summed E-state index contributed by atoms with van der Waals surface area (Å²) in [7, 11) is 0. The molecular weight excluding hydrogens is 206 g/mol. The first-order valence-electron chi connectivity index (χ1n) is 3.61. The predicted molar refractivity (Wildman–Crippen MR) is 48.6 cm³/mol. The monoisotopic (exact) mass is 217 g/mol. The molecule has 1 heterocycles. The van der Waals surface area contributed by atoms with Crippen LogP contribution in [0.2, 0.25) is 0 Å². The lowest BCUT2D eigenvalue weighted by atomic mass is 10.1. The summed E-state index contributed by atoms with van der Waals surface area (Å²) in [5.74, 6) is 1.29. The molecule has 0 amide bonds. The number of hydrogen-bond acceptors (Lipinski definition) is 2. The van der Waals surface area contributed by atoms with E-state index in [1.165, 1.54) is 0 Å². The third-order valence-electron chi connectivity index (χ3n) is 1.73. The maximum Gasteiger partial charge on any atom is 0.169 e. The zero-order chi connectivity index (χ0) is 8.43. The molecule has 0 fully saturated rings. The van der Waals surface area contributed by atoms with Gasteiger partial charge in [-0.1, -0.05) is 6.92 Å². The largest absolute Gasteiger partial charge is 0.454 e. The Hall–Kier alpha value is -0.280. The number of rotatable bonds is 2. The lowest BCUT2D eigenvalue weighted by molar-refractivity contribution is 0.457. The van der Waals surface area contributed by atoms with Crippen molar-refractivity contribution >= 4 is 15.9 Å². The number of halogens is 1. The lowest BCUT2D eigenvalue weighted by Gasteiger charge is -2.04. The fourth-order valence-corrected chi connectivity index (χ4v) is 1.57. The standard InChI is InChI=1S/C8H12BrNO/c1-5-3-7(9)11-8(5)6(2)4-10/h3,6H,4,10H2,1-2H3. The van der Waals surface area contributed by atoms with Gasteiger partial charge in [0.2, 0.25) is 0 Å². The topological polar surface area (TPSA) is 39.2 Å². The number of furan rings is 1. The van der Waals surface area contributed by atoms with Crippen molar-refractivity contribution in [2.24, 2.45) is 5.73 Å². The Labute approximate surface area is 74.9 Å². The molecule has 62 valence electrons. The highest BCUT2D eigenvalue weighted by Gasteiger charge is 2.11. The van der Waals surface area contributed by atoms with Gasteiger partial charge in [-0.25, -0.2) is 0 Å². The highest BCUT2D eigenvalue weighted by Crippen LogP contribution is 2.25. The third kappa shape index (κ3) is 1.84. The lowest BCUT2D eigenvalue weighted by Crippen LogP contribution is -2.08. The molecule has 2 nitrogen and oxygen atoms in total. The average molecular weight is 218 g/mol. The summed E-state index contributed by atoms with van der Waals surface area (Å²) in [6.45, 7) is 4.70. The summed E-state index contributed by atoms with van der Waals surface area (Å²) < 4.78 is 6.19. The summed E-state index contributed by atoms with van der Waals surface area (Å²) in [4.78, 5) is 0. The first-order valence-corrected chi connectivity index (χ1v) is 4.40.